The van der Waals surface area contributed by atoms with Gasteiger partial charge in [0, 0.05) is 37.9 Å². The maximum absolute atomic E-state index is 11.6. The smallest absolute Gasteiger partial charge is 0.222 e. The minimum Gasteiger partial charge on any atom is -0.369 e. The van der Waals surface area contributed by atoms with Crippen molar-refractivity contribution in [3.05, 3.63) is 23.9 Å². The molecule has 1 saturated heterocycles. The summed E-state index contributed by atoms with van der Waals surface area (Å²) < 4.78 is 0. The van der Waals surface area contributed by atoms with E-state index in [1.54, 1.807) is 6.20 Å². The Kier molecular flexibility index (Phi) is 9.04. The molecule has 7 heteroatoms. The molecule has 28 heavy (non-hydrogen) atoms. The van der Waals surface area contributed by atoms with Gasteiger partial charge in [-0.3, -0.25) is 4.79 Å². The third-order valence-corrected chi connectivity index (χ3v) is 4.99. The molecule has 0 saturated carbocycles. The Morgan fingerprint density at radius 3 is 2.96 bits per heavy atom. The number of pyridine rings is 1. The van der Waals surface area contributed by atoms with E-state index >= 15 is 0 Å². The Bertz CT molecular complexity index is 646. The predicted molar refractivity (Wildman–Crippen MR) is 115 cm³/mol. The molecule has 1 fully saturated rings. The van der Waals surface area contributed by atoms with E-state index in [2.05, 4.69) is 47.4 Å². The summed E-state index contributed by atoms with van der Waals surface area (Å²) in [7, 11) is 0. The van der Waals surface area contributed by atoms with Crippen LogP contribution in [0.4, 0.5) is 5.82 Å². The van der Waals surface area contributed by atoms with Crippen molar-refractivity contribution in [1.82, 2.24) is 15.6 Å². The number of carbonyl (C=O) groups is 1. The van der Waals surface area contributed by atoms with Gasteiger partial charge >= 0.3 is 0 Å². The molecule has 1 aliphatic heterocycles. The fourth-order valence-electron chi connectivity index (χ4n) is 3.46. The first kappa shape index (κ1) is 22.0. The van der Waals surface area contributed by atoms with E-state index in [-0.39, 0.29) is 11.8 Å². The van der Waals surface area contributed by atoms with E-state index in [1.807, 2.05) is 6.07 Å². The summed E-state index contributed by atoms with van der Waals surface area (Å²) in [5.74, 6) is 2.13. The zero-order valence-electron chi connectivity index (χ0n) is 17.6. The van der Waals surface area contributed by atoms with Gasteiger partial charge in [-0.05, 0) is 44.6 Å². The lowest BCUT2D eigenvalue weighted by molar-refractivity contribution is -0.122. The average Bonchev–Trinajstić information content (AvgIpc) is 2.69. The summed E-state index contributed by atoms with van der Waals surface area (Å²) in [4.78, 5) is 23.1. The largest absolute Gasteiger partial charge is 0.369 e. The molecule has 0 aliphatic carbocycles. The van der Waals surface area contributed by atoms with Crippen LogP contribution in [0, 0.1) is 11.8 Å². The average molecular weight is 389 g/mol. The maximum atomic E-state index is 11.6. The summed E-state index contributed by atoms with van der Waals surface area (Å²) in [6.07, 6.45) is 5.94. The second-order valence-corrected chi connectivity index (χ2v) is 7.83. The van der Waals surface area contributed by atoms with Gasteiger partial charge in [-0.15, -0.1) is 0 Å². The first-order chi connectivity index (χ1) is 13.5. The zero-order valence-corrected chi connectivity index (χ0v) is 17.6. The number of piperidine rings is 1. The molecule has 1 aromatic heterocycles. The van der Waals surface area contributed by atoms with Crippen LogP contribution in [-0.4, -0.2) is 43.0 Å². The van der Waals surface area contributed by atoms with Crippen molar-refractivity contribution in [2.24, 2.45) is 22.6 Å². The lowest BCUT2D eigenvalue weighted by Gasteiger charge is -2.33. The summed E-state index contributed by atoms with van der Waals surface area (Å²) in [6, 6.07) is 3.99. The summed E-state index contributed by atoms with van der Waals surface area (Å²) >= 11 is 0. The molecule has 2 rings (SSSR count). The highest BCUT2D eigenvalue weighted by Gasteiger charge is 2.25. The number of nitrogens with zero attached hydrogens (tertiary/aromatic N) is 3. The monoisotopic (exact) mass is 388 g/mol. The molecule has 4 N–H and O–H groups in total. The van der Waals surface area contributed by atoms with Crippen LogP contribution in [0.3, 0.4) is 0 Å². The van der Waals surface area contributed by atoms with Crippen LogP contribution >= 0.6 is 0 Å². The molecule has 156 valence electrons. The standard InChI is InChI=1S/C21H36N6O/c1-4-23-21(25-12-5-8-16(2)3)26-14-17-9-6-11-24-20(17)27-13-7-10-18(15-27)19(22)28/h6,9,11,16,18H,4-5,7-8,10,12-15H2,1-3H3,(H2,22,28)(H2,23,25,26). The highest BCUT2D eigenvalue weighted by Crippen LogP contribution is 2.24. The SMILES string of the molecule is CCNC(=NCc1cccnc1N1CCCC(C(N)=O)C1)NCCCC(C)C. The second-order valence-electron chi connectivity index (χ2n) is 7.83. The molecule has 1 atom stereocenters. The van der Waals surface area contributed by atoms with Gasteiger partial charge in [-0.25, -0.2) is 9.98 Å². The van der Waals surface area contributed by atoms with Crippen LogP contribution in [0.25, 0.3) is 0 Å². The number of amides is 1. The van der Waals surface area contributed by atoms with Gasteiger partial charge in [0.25, 0.3) is 0 Å². The fourth-order valence-corrected chi connectivity index (χ4v) is 3.46. The Labute approximate surface area is 169 Å². The van der Waals surface area contributed by atoms with E-state index < -0.39 is 0 Å². The molecule has 0 aromatic carbocycles. The molecule has 0 radical (unpaired) electrons. The molecule has 1 unspecified atom stereocenters. The van der Waals surface area contributed by atoms with Gasteiger partial charge in [0.1, 0.15) is 5.82 Å². The number of anilines is 1. The Morgan fingerprint density at radius 2 is 2.25 bits per heavy atom. The Balaban J connectivity index is 2.03. The van der Waals surface area contributed by atoms with Crippen molar-refractivity contribution in [2.45, 2.75) is 53.0 Å². The van der Waals surface area contributed by atoms with E-state index in [4.69, 9.17) is 10.7 Å². The van der Waals surface area contributed by atoms with Crippen LogP contribution < -0.4 is 21.3 Å². The van der Waals surface area contributed by atoms with Gasteiger partial charge in [-0.2, -0.15) is 0 Å². The first-order valence-electron chi connectivity index (χ1n) is 10.5. The molecule has 7 nitrogen and oxygen atoms in total. The highest BCUT2D eigenvalue weighted by molar-refractivity contribution is 5.80. The first-order valence-corrected chi connectivity index (χ1v) is 10.5. The van der Waals surface area contributed by atoms with Gasteiger partial charge in [-0.1, -0.05) is 19.9 Å². The number of hydrogen-bond donors (Lipinski definition) is 3. The number of hydrogen-bond acceptors (Lipinski definition) is 4. The molecule has 0 bridgehead atoms. The number of nitrogens with one attached hydrogen (secondary N) is 2. The molecule has 1 amide bonds. The van der Waals surface area contributed by atoms with Gasteiger partial charge < -0.3 is 21.3 Å². The zero-order chi connectivity index (χ0) is 20.4. The van der Waals surface area contributed by atoms with E-state index in [1.165, 1.54) is 6.42 Å². The molecule has 1 aliphatic rings. The van der Waals surface area contributed by atoms with Crippen molar-refractivity contribution in [3.63, 3.8) is 0 Å². The maximum Gasteiger partial charge on any atom is 0.222 e. The van der Waals surface area contributed by atoms with Crippen molar-refractivity contribution in [1.29, 1.82) is 0 Å². The Hall–Kier alpha value is -2.31. The van der Waals surface area contributed by atoms with Crippen molar-refractivity contribution in [2.75, 3.05) is 31.1 Å². The van der Waals surface area contributed by atoms with Gasteiger partial charge in [0.15, 0.2) is 5.96 Å². The van der Waals surface area contributed by atoms with Crippen LogP contribution in [0.2, 0.25) is 0 Å². The number of rotatable bonds is 9. The van der Waals surface area contributed by atoms with E-state index in [9.17, 15) is 4.79 Å². The quantitative estimate of drug-likeness (QED) is 0.343. The molecule has 2 heterocycles. The summed E-state index contributed by atoms with van der Waals surface area (Å²) in [6.45, 7) is 10.4. The predicted octanol–water partition coefficient (Wildman–Crippen LogP) is 2.27. The third kappa shape index (κ3) is 7.02. The topological polar surface area (TPSA) is 95.6 Å². The second kappa shape index (κ2) is 11.5. The highest BCUT2D eigenvalue weighted by atomic mass is 16.1. The van der Waals surface area contributed by atoms with Gasteiger partial charge in [0.2, 0.25) is 5.91 Å². The number of guanidine groups is 1. The Morgan fingerprint density at radius 1 is 1.43 bits per heavy atom. The van der Waals surface area contributed by atoms with Crippen molar-refractivity contribution >= 4 is 17.7 Å². The number of aliphatic imine (C=N–C) groups is 1. The van der Waals surface area contributed by atoms with Crippen molar-refractivity contribution in [3.8, 4) is 0 Å². The lowest BCUT2D eigenvalue weighted by atomic mass is 9.97. The van der Waals surface area contributed by atoms with Crippen LogP contribution in [0.1, 0.15) is 52.0 Å². The normalized spacial score (nSPS) is 17.6. The number of primary amides is 1. The van der Waals surface area contributed by atoms with E-state index in [0.29, 0.717) is 19.0 Å². The lowest BCUT2D eigenvalue weighted by Crippen LogP contribution is -2.42. The summed E-state index contributed by atoms with van der Waals surface area (Å²) in [5, 5.41) is 6.72. The minimum absolute atomic E-state index is 0.105. The molecule has 0 spiro atoms. The molecular formula is C21H36N6O. The fraction of sp³-hybridized carbons (Fsp3) is 0.667. The van der Waals surface area contributed by atoms with Crippen LogP contribution in [0.5, 0.6) is 0 Å². The third-order valence-electron chi connectivity index (χ3n) is 4.99. The van der Waals surface area contributed by atoms with Crippen molar-refractivity contribution < 1.29 is 4.79 Å². The number of carbonyl (C=O) groups excluding carboxylic acids is 1. The van der Waals surface area contributed by atoms with Crippen LogP contribution in [-0.2, 0) is 11.3 Å². The number of nitrogens with two attached hydrogens (primary N) is 1. The molecule has 1 aromatic rings. The minimum atomic E-state index is -0.222. The number of aromatic nitrogens is 1. The van der Waals surface area contributed by atoms with E-state index in [0.717, 1.165) is 56.2 Å². The summed E-state index contributed by atoms with van der Waals surface area (Å²) in [5.41, 5.74) is 6.59. The molecular weight excluding hydrogens is 352 g/mol. The van der Waals surface area contributed by atoms with Crippen LogP contribution in [0.15, 0.2) is 23.3 Å². The van der Waals surface area contributed by atoms with Gasteiger partial charge in [0.05, 0.1) is 12.5 Å².